The molecular weight excluding hydrogens is 255 g/mol. The predicted octanol–water partition coefficient (Wildman–Crippen LogP) is 3.02. The number of hydrogen-bond donors (Lipinski definition) is 3. The van der Waals surface area contributed by atoms with E-state index in [1.165, 1.54) is 12.1 Å². The zero-order valence-corrected chi connectivity index (χ0v) is 10.9. The van der Waals surface area contributed by atoms with Crippen LogP contribution in [0.15, 0.2) is 12.1 Å². The molecule has 100 valence electrons. The Balaban J connectivity index is 1.95. The Bertz CT molecular complexity index is 428. The fraction of sp³-hybridized carbons (Fsp3) is 0.538. The van der Waals surface area contributed by atoms with E-state index in [-0.39, 0.29) is 11.1 Å². The van der Waals surface area contributed by atoms with Gasteiger partial charge in [-0.05, 0) is 31.2 Å². The van der Waals surface area contributed by atoms with Crippen molar-refractivity contribution in [3.05, 3.63) is 23.0 Å². The molecule has 1 fully saturated rings. The summed E-state index contributed by atoms with van der Waals surface area (Å²) in [6, 6.07) is 2.73. The number of nitrogen functional groups attached to an aromatic ring is 1. The predicted molar refractivity (Wildman–Crippen MR) is 72.3 cm³/mol. The summed E-state index contributed by atoms with van der Waals surface area (Å²) < 4.78 is 13.3. The van der Waals surface area contributed by atoms with E-state index >= 15 is 0 Å². The van der Waals surface area contributed by atoms with Crippen molar-refractivity contribution in [1.29, 1.82) is 0 Å². The van der Waals surface area contributed by atoms with Crippen LogP contribution in [0.2, 0.25) is 5.02 Å². The van der Waals surface area contributed by atoms with Gasteiger partial charge in [-0.3, -0.25) is 0 Å². The van der Waals surface area contributed by atoms with Crippen LogP contribution in [0.3, 0.4) is 0 Å². The fourth-order valence-electron chi connectivity index (χ4n) is 2.42. The summed E-state index contributed by atoms with van der Waals surface area (Å²) in [5, 5.41) is 12.8. The average molecular weight is 273 g/mol. The van der Waals surface area contributed by atoms with Crippen molar-refractivity contribution >= 4 is 23.0 Å². The molecule has 18 heavy (non-hydrogen) atoms. The second-order valence-corrected chi connectivity index (χ2v) is 5.33. The summed E-state index contributed by atoms with van der Waals surface area (Å²) in [7, 11) is 0. The Kier molecular flexibility index (Phi) is 4.30. The van der Waals surface area contributed by atoms with E-state index < -0.39 is 5.82 Å². The minimum Gasteiger partial charge on any atom is -0.397 e. The SMILES string of the molecule is Nc1cc(Cl)c(F)cc1NCC1CCCC(O)C1. The number of aliphatic hydroxyl groups is 1. The van der Waals surface area contributed by atoms with Crippen LogP contribution in [0.4, 0.5) is 15.8 Å². The Hall–Kier alpha value is -1.00. The number of hydrogen-bond acceptors (Lipinski definition) is 3. The minimum atomic E-state index is -0.475. The molecule has 2 unspecified atom stereocenters. The summed E-state index contributed by atoms with van der Waals surface area (Å²) >= 11 is 5.64. The molecule has 1 aliphatic carbocycles. The van der Waals surface area contributed by atoms with E-state index in [1.807, 2.05) is 0 Å². The third kappa shape index (κ3) is 3.27. The van der Waals surface area contributed by atoms with E-state index in [0.717, 1.165) is 25.7 Å². The summed E-state index contributed by atoms with van der Waals surface area (Å²) in [6.45, 7) is 0.697. The molecule has 4 N–H and O–H groups in total. The second-order valence-electron chi connectivity index (χ2n) is 4.92. The number of aliphatic hydroxyl groups excluding tert-OH is 1. The number of nitrogens with one attached hydrogen (secondary N) is 1. The van der Waals surface area contributed by atoms with Crippen LogP contribution in [-0.2, 0) is 0 Å². The van der Waals surface area contributed by atoms with Crippen molar-refractivity contribution in [3.63, 3.8) is 0 Å². The van der Waals surface area contributed by atoms with Gasteiger partial charge in [0, 0.05) is 12.6 Å². The first-order chi connectivity index (χ1) is 8.56. The Morgan fingerprint density at radius 3 is 2.94 bits per heavy atom. The second kappa shape index (κ2) is 5.76. The first-order valence-corrected chi connectivity index (χ1v) is 6.60. The summed E-state index contributed by atoms with van der Waals surface area (Å²) in [5.41, 5.74) is 6.78. The molecule has 0 aromatic heterocycles. The van der Waals surface area contributed by atoms with Crippen molar-refractivity contribution in [2.75, 3.05) is 17.6 Å². The van der Waals surface area contributed by atoms with Gasteiger partial charge in [0.15, 0.2) is 0 Å². The molecule has 1 aromatic rings. The molecule has 1 aliphatic rings. The molecule has 0 saturated heterocycles. The summed E-state index contributed by atoms with van der Waals surface area (Å²) in [6.07, 6.45) is 3.60. The normalized spacial score (nSPS) is 23.9. The molecule has 0 spiro atoms. The molecule has 3 nitrogen and oxygen atoms in total. The lowest BCUT2D eigenvalue weighted by atomic mass is 9.87. The van der Waals surface area contributed by atoms with Crippen LogP contribution < -0.4 is 11.1 Å². The van der Waals surface area contributed by atoms with Crippen molar-refractivity contribution < 1.29 is 9.50 Å². The van der Waals surface area contributed by atoms with E-state index in [2.05, 4.69) is 5.32 Å². The highest BCUT2D eigenvalue weighted by atomic mass is 35.5. The number of nitrogens with two attached hydrogens (primary N) is 1. The minimum absolute atomic E-state index is 0.0335. The maximum Gasteiger partial charge on any atom is 0.143 e. The zero-order valence-electron chi connectivity index (χ0n) is 10.1. The Morgan fingerprint density at radius 1 is 1.44 bits per heavy atom. The van der Waals surface area contributed by atoms with E-state index in [1.54, 1.807) is 0 Å². The third-order valence-corrected chi connectivity index (χ3v) is 3.72. The fourth-order valence-corrected chi connectivity index (χ4v) is 2.59. The molecular formula is C13H18ClFN2O. The molecule has 2 rings (SSSR count). The highest BCUT2D eigenvalue weighted by Crippen LogP contribution is 2.28. The van der Waals surface area contributed by atoms with Crippen LogP contribution in [0.5, 0.6) is 0 Å². The molecule has 0 heterocycles. The van der Waals surface area contributed by atoms with Gasteiger partial charge in [0.1, 0.15) is 5.82 Å². The van der Waals surface area contributed by atoms with Crippen LogP contribution in [0.1, 0.15) is 25.7 Å². The van der Waals surface area contributed by atoms with Crippen LogP contribution >= 0.6 is 11.6 Å². The van der Waals surface area contributed by atoms with Gasteiger partial charge in [-0.25, -0.2) is 4.39 Å². The molecule has 5 heteroatoms. The number of anilines is 2. The van der Waals surface area contributed by atoms with Gasteiger partial charge in [-0.2, -0.15) is 0 Å². The molecule has 0 amide bonds. The summed E-state index contributed by atoms with van der Waals surface area (Å²) in [5.74, 6) is -0.0658. The van der Waals surface area contributed by atoms with Crippen molar-refractivity contribution in [3.8, 4) is 0 Å². The molecule has 0 aliphatic heterocycles. The lowest BCUT2D eigenvalue weighted by Crippen LogP contribution is -2.25. The molecule has 1 saturated carbocycles. The topological polar surface area (TPSA) is 58.3 Å². The van der Waals surface area contributed by atoms with Crippen LogP contribution in [-0.4, -0.2) is 17.8 Å². The highest BCUT2D eigenvalue weighted by Gasteiger charge is 2.20. The van der Waals surface area contributed by atoms with E-state index in [4.69, 9.17) is 17.3 Å². The van der Waals surface area contributed by atoms with Gasteiger partial charge < -0.3 is 16.2 Å². The van der Waals surface area contributed by atoms with Gasteiger partial charge in [0.25, 0.3) is 0 Å². The smallest absolute Gasteiger partial charge is 0.143 e. The lowest BCUT2D eigenvalue weighted by molar-refractivity contribution is 0.105. The van der Waals surface area contributed by atoms with Crippen molar-refractivity contribution in [2.24, 2.45) is 5.92 Å². The average Bonchev–Trinajstić information content (AvgIpc) is 2.32. The van der Waals surface area contributed by atoms with Gasteiger partial charge in [0.05, 0.1) is 22.5 Å². The highest BCUT2D eigenvalue weighted by molar-refractivity contribution is 6.31. The van der Waals surface area contributed by atoms with Crippen molar-refractivity contribution in [1.82, 2.24) is 0 Å². The van der Waals surface area contributed by atoms with Crippen molar-refractivity contribution in [2.45, 2.75) is 31.8 Å². The quantitative estimate of drug-likeness (QED) is 0.742. The van der Waals surface area contributed by atoms with E-state index in [0.29, 0.717) is 23.8 Å². The Labute approximate surface area is 111 Å². The monoisotopic (exact) mass is 272 g/mol. The number of rotatable bonds is 3. The molecule has 0 radical (unpaired) electrons. The lowest BCUT2D eigenvalue weighted by Gasteiger charge is -2.26. The standard InChI is InChI=1S/C13H18ClFN2O/c14-10-5-12(16)13(6-11(10)15)17-7-8-2-1-3-9(18)4-8/h5-6,8-9,17-18H,1-4,7,16H2. The Morgan fingerprint density at radius 2 is 2.22 bits per heavy atom. The summed E-state index contributed by atoms with van der Waals surface area (Å²) in [4.78, 5) is 0. The van der Waals surface area contributed by atoms with Crippen LogP contribution in [0, 0.1) is 11.7 Å². The van der Waals surface area contributed by atoms with E-state index in [9.17, 15) is 9.50 Å². The molecule has 2 atom stereocenters. The first kappa shape index (κ1) is 13.4. The largest absolute Gasteiger partial charge is 0.397 e. The van der Waals surface area contributed by atoms with Gasteiger partial charge >= 0.3 is 0 Å². The zero-order chi connectivity index (χ0) is 13.1. The third-order valence-electron chi connectivity index (χ3n) is 3.43. The number of benzene rings is 1. The molecule has 1 aromatic carbocycles. The van der Waals surface area contributed by atoms with Crippen LogP contribution in [0.25, 0.3) is 0 Å². The van der Waals surface area contributed by atoms with Gasteiger partial charge in [-0.15, -0.1) is 0 Å². The number of halogens is 2. The van der Waals surface area contributed by atoms with Gasteiger partial charge in [-0.1, -0.05) is 18.0 Å². The maximum atomic E-state index is 13.3. The van der Waals surface area contributed by atoms with Gasteiger partial charge in [0.2, 0.25) is 0 Å². The first-order valence-electron chi connectivity index (χ1n) is 6.22. The maximum absolute atomic E-state index is 13.3. The molecule has 0 bridgehead atoms.